The summed E-state index contributed by atoms with van der Waals surface area (Å²) in [5.74, 6) is -1.19. The second kappa shape index (κ2) is 9.47. The van der Waals surface area contributed by atoms with E-state index in [0.29, 0.717) is 10.9 Å². The molecule has 0 aliphatic rings. The molecule has 0 radical (unpaired) electrons. The minimum absolute atomic E-state index is 0.0467. The fourth-order valence-electron chi connectivity index (χ4n) is 3.14. The van der Waals surface area contributed by atoms with E-state index in [-0.39, 0.29) is 11.3 Å². The molecular formula is C24H19BF3NO2. The van der Waals surface area contributed by atoms with Crippen LogP contribution in [0.3, 0.4) is 0 Å². The molecule has 0 unspecified atom stereocenters. The standard InChI is InChI=1S/C24H19BF3NO2/c1-17(21(23(29)24(26,27)28)22(30)18-11-5-2-6-12-18)31-25(19-13-7-3-8-14-19)20-15-9-4-10-16-20/h2-16,29H,1H3/b21-17-,29-23?. The van der Waals surface area contributed by atoms with Gasteiger partial charge in [-0.3, -0.25) is 10.2 Å². The summed E-state index contributed by atoms with van der Waals surface area (Å²) in [6.45, 7) is 0.539. The Hall–Kier alpha value is -3.61. The fraction of sp³-hybridized carbons (Fsp3) is 0.0833. The molecule has 0 atom stereocenters. The summed E-state index contributed by atoms with van der Waals surface area (Å²) in [5, 5.41) is 7.68. The van der Waals surface area contributed by atoms with Crippen LogP contribution in [0, 0.1) is 5.41 Å². The van der Waals surface area contributed by atoms with Crippen molar-refractivity contribution in [1.82, 2.24) is 0 Å². The monoisotopic (exact) mass is 421 g/mol. The highest BCUT2D eigenvalue weighted by Crippen LogP contribution is 2.26. The molecule has 156 valence electrons. The van der Waals surface area contributed by atoms with Gasteiger partial charge >= 0.3 is 13.1 Å². The minimum atomic E-state index is -5.00. The second-order valence-corrected chi connectivity index (χ2v) is 6.82. The predicted molar refractivity (Wildman–Crippen MR) is 116 cm³/mol. The van der Waals surface area contributed by atoms with Crippen LogP contribution in [0.1, 0.15) is 17.3 Å². The molecule has 0 saturated carbocycles. The van der Waals surface area contributed by atoms with Gasteiger partial charge in [-0.05, 0) is 17.8 Å². The first kappa shape index (κ1) is 22.1. The average Bonchev–Trinajstić information content (AvgIpc) is 2.78. The van der Waals surface area contributed by atoms with Gasteiger partial charge in [0.2, 0.25) is 0 Å². The molecule has 1 N–H and O–H groups in total. The Labute approximate surface area is 178 Å². The molecule has 0 amide bonds. The third kappa shape index (κ3) is 5.31. The lowest BCUT2D eigenvalue weighted by atomic mass is 9.55. The summed E-state index contributed by atoms with van der Waals surface area (Å²) in [4.78, 5) is 13.0. The number of benzene rings is 3. The van der Waals surface area contributed by atoms with E-state index in [1.54, 1.807) is 66.7 Å². The van der Waals surface area contributed by atoms with Gasteiger partial charge in [0.15, 0.2) is 11.5 Å². The average molecular weight is 421 g/mol. The number of halogens is 3. The number of carbonyl (C=O) groups excluding carboxylic acids is 1. The number of rotatable bonds is 7. The maximum Gasteiger partial charge on any atom is 0.433 e. The number of ketones is 1. The number of Topliss-reactive ketones (excluding diaryl/α,β-unsaturated/α-hetero) is 1. The van der Waals surface area contributed by atoms with E-state index in [2.05, 4.69) is 0 Å². The van der Waals surface area contributed by atoms with Crippen molar-refractivity contribution in [2.24, 2.45) is 0 Å². The molecular weight excluding hydrogens is 402 g/mol. The van der Waals surface area contributed by atoms with Crippen LogP contribution in [0.2, 0.25) is 0 Å². The van der Waals surface area contributed by atoms with Crippen molar-refractivity contribution in [1.29, 1.82) is 5.41 Å². The number of carbonyl (C=O) groups is 1. The van der Waals surface area contributed by atoms with Gasteiger partial charge in [0.05, 0.1) is 11.3 Å². The summed E-state index contributed by atoms with van der Waals surface area (Å²) >= 11 is 0. The van der Waals surface area contributed by atoms with E-state index in [0.717, 1.165) is 0 Å². The van der Waals surface area contributed by atoms with Crippen LogP contribution >= 0.6 is 0 Å². The molecule has 0 bridgehead atoms. The number of alkyl halides is 3. The highest BCUT2D eigenvalue weighted by atomic mass is 19.4. The molecule has 3 nitrogen and oxygen atoms in total. The third-order valence-electron chi connectivity index (χ3n) is 4.65. The third-order valence-corrected chi connectivity index (χ3v) is 4.65. The molecule has 0 fully saturated rings. The van der Waals surface area contributed by atoms with Crippen LogP contribution < -0.4 is 10.9 Å². The summed E-state index contributed by atoms with van der Waals surface area (Å²) in [7, 11) is 0. The topological polar surface area (TPSA) is 50.1 Å². The van der Waals surface area contributed by atoms with Gasteiger partial charge in [0, 0.05) is 5.56 Å². The lowest BCUT2D eigenvalue weighted by Crippen LogP contribution is -2.45. The van der Waals surface area contributed by atoms with Crippen molar-refractivity contribution in [3.8, 4) is 0 Å². The SMILES string of the molecule is C/C(OB(c1ccccc1)c1ccccc1)=C(/C(=N)C(F)(F)F)C(=O)c1ccccc1. The predicted octanol–water partition coefficient (Wildman–Crippen LogP) is 4.55. The van der Waals surface area contributed by atoms with Crippen molar-refractivity contribution in [2.75, 3.05) is 0 Å². The maximum absolute atomic E-state index is 13.5. The van der Waals surface area contributed by atoms with Gasteiger partial charge in [0.1, 0.15) is 0 Å². The Balaban J connectivity index is 2.10. The van der Waals surface area contributed by atoms with Crippen LogP contribution in [-0.4, -0.2) is 24.6 Å². The molecule has 0 aliphatic heterocycles. The minimum Gasteiger partial charge on any atom is -0.554 e. The van der Waals surface area contributed by atoms with Crippen molar-refractivity contribution in [3.05, 3.63) is 108 Å². The zero-order chi connectivity index (χ0) is 22.4. The first-order valence-electron chi connectivity index (χ1n) is 9.52. The van der Waals surface area contributed by atoms with Crippen LogP contribution in [0.5, 0.6) is 0 Å². The Morgan fingerprint density at radius 2 is 1.23 bits per heavy atom. The van der Waals surface area contributed by atoms with Crippen LogP contribution in [-0.2, 0) is 4.65 Å². The Morgan fingerprint density at radius 3 is 1.65 bits per heavy atom. The maximum atomic E-state index is 13.5. The molecule has 31 heavy (non-hydrogen) atoms. The first-order valence-corrected chi connectivity index (χ1v) is 9.52. The Kier molecular flexibility index (Phi) is 6.75. The normalized spacial score (nSPS) is 12.0. The van der Waals surface area contributed by atoms with E-state index in [1.165, 1.54) is 19.1 Å². The van der Waals surface area contributed by atoms with E-state index in [1.807, 2.05) is 12.1 Å². The number of hydrogen-bond donors (Lipinski definition) is 1. The Morgan fingerprint density at radius 1 is 0.806 bits per heavy atom. The van der Waals surface area contributed by atoms with Crippen molar-refractivity contribution in [2.45, 2.75) is 13.1 Å². The molecule has 0 aromatic heterocycles. The van der Waals surface area contributed by atoms with E-state index in [4.69, 9.17) is 10.1 Å². The van der Waals surface area contributed by atoms with Gasteiger partial charge in [-0.15, -0.1) is 0 Å². The molecule has 0 spiro atoms. The molecule has 3 aromatic rings. The van der Waals surface area contributed by atoms with Gasteiger partial charge in [-0.1, -0.05) is 91.0 Å². The lowest BCUT2D eigenvalue weighted by Gasteiger charge is -2.21. The zero-order valence-corrected chi connectivity index (χ0v) is 16.7. The van der Waals surface area contributed by atoms with Crippen molar-refractivity contribution in [3.63, 3.8) is 0 Å². The van der Waals surface area contributed by atoms with E-state index >= 15 is 0 Å². The number of nitrogens with one attached hydrogen (secondary N) is 1. The number of hydrogen-bond acceptors (Lipinski definition) is 3. The molecule has 0 heterocycles. The van der Waals surface area contributed by atoms with Gasteiger partial charge < -0.3 is 4.65 Å². The smallest absolute Gasteiger partial charge is 0.433 e. The van der Waals surface area contributed by atoms with Crippen LogP contribution in [0.15, 0.2) is 102 Å². The Bertz CT molecular complexity index is 1040. The first-order chi connectivity index (χ1) is 14.8. The lowest BCUT2D eigenvalue weighted by molar-refractivity contribution is -0.0591. The molecule has 3 aromatic carbocycles. The fourth-order valence-corrected chi connectivity index (χ4v) is 3.14. The highest BCUT2D eigenvalue weighted by Gasteiger charge is 2.41. The van der Waals surface area contributed by atoms with Crippen molar-refractivity contribution >= 4 is 29.3 Å². The second-order valence-electron chi connectivity index (χ2n) is 6.82. The van der Waals surface area contributed by atoms with Crippen LogP contribution in [0.25, 0.3) is 0 Å². The summed E-state index contributed by atoms with van der Waals surface area (Å²) in [6.07, 6.45) is -5.00. The quantitative estimate of drug-likeness (QED) is 0.200. The summed E-state index contributed by atoms with van der Waals surface area (Å²) < 4.78 is 46.3. The summed E-state index contributed by atoms with van der Waals surface area (Å²) in [5.41, 5.74) is -1.09. The van der Waals surface area contributed by atoms with Gasteiger partial charge in [0.25, 0.3) is 0 Å². The van der Waals surface area contributed by atoms with Crippen molar-refractivity contribution < 1.29 is 22.6 Å². The van der Waals surface area contributed by atoms with Crippen LogP contribution in [0.4, 0.5) is 13.2 Å². The van der Waals surface area contributed by atoms with Gasteiger partial charge in [-0.2, -0.15) is 13.2 Å². The van der Waals surface area contributed by atoms with Gasteiger partial charge in [-0.25, -0.2) is 0 Å². The molecule has 0 saturated heterocycles. The summed E-state index contributed by atoms with van der Waals surface area (Å²) in [6, 6.07) is 25.5. The van der Waals surface area contributed by atoms with E-state index in [9.17, 15) is 18.0 Å². The largest absolute Gasteiger partial charge is 0.554 e. The molecule has 3 rings (SSSR count). The van der Waals surface area contributed by atoms with E-state index < -0.39 is 30.2 Å². The highest BCUT2D eigenvalue weighted by molar-refractivity contribution is 6.80. The number of allylic oxidation sites excluding steroid dienone is 2. The zero-order valence-electron chi connectivity index (χ0n) is 16.7. The molecule has 7 heteroatoms. The molecule has 0 aliphatic carbocycles.